The van der Waals surface area contributed by atoms with Crippen LogP contribution in [0.2, 0.25) is 0 Å². The lowest BCUT2D eigenvalue weighted by molar-refractivity contribution is 0.480. The molecule has 1 unspecified atom stereocenters. The molecule has 0 saturated carbocycles. The molecule has 0 amide bonds. The Kier molecular flexibility index (Phi) is 5.13. The highest BCUT2D eigenvalue weighted by Crippen LogP contribution is 2.23. The number of anilines is 3. The van der Waals surface area contributed by atoms with Gasteiger partial charge in [-0.3, -0.25) is 0 Å². The lowest BCUT2D eigenvalue weighted by Crippen LogP contribution is -2.47. The third kappa shape index (κ3) is 3.75. The Morgan fingerprint density at radius 2 is 1.92 bits per heavy atom. The molecular weight excluding hydrogens is 370 g/mol. The minimum absolute atomic E-state index is 0.371. The van der Waals surface area contributed by atoms with Crippen LogP contribution < -0.4 is 14.7 Å². The van der Waals surface area contributed by atoms with Crippen molar-refractivity contribution in [3.8, 4) is 0 Å². The Labute approximate surface area is 150 Å². The Morgan fingerprint density at radius 3 is 2.62 bits per heavy atom. The summed E-state index contributed by atoms with van der Waals surface area (Å²) in [4.78, 5) is 24.2. The van der Waals surface area contributed by atoms with Gasteiger partial charge in [0.05, 0.1) is 4.47 Å². The molecule has 2 aromatic rings. The molecule has 0 aliphatic carbocycles. The largest absolute Gasteiger partial charge is 0.355 e. The zero-order valence-electron chi connectivity index (χ0n) is 14.2. The number of likely N-dealkylation sites (N-methyl/N-ethyl adjacent to an activating group) is 1. The van der Waals surface area contributed by atoms with E-state index in [-0.39, 0.29) is 0 Å². The van der Waals surface area contributed by atoms with Crippen LogP contribution in [0.3, 0.4) is 0 Å². The topological polar surface area (TPSA) is 61.3 Å². The number of hydrogen-bond donors (Lipinski definition) is 0. The number of piperidine rings is 1. The summed E-state index contributed by atoms with van der Waals surface area (Å²) < 4.78 is 0.897. The Hall–Kier alpha value is -1.96. The van der Waals surface area contributed by atoms with E-state index in [0.29, 0.717) is 6.04 Å². The zero-order valence-corrected chi connectivity index (χ0v) is 15.8. The van der Waals surface area contributed by atoms with Gasteiger partial charge < -0.3 is 14.7 Å². The summed E-state index contributed by atoms with van der Waals surface area (Å²) in [6.45, 7) is 1.87. The molecule has 2 aromatic heterocycles. The van der Waals surface area contributed by atoms with Crippen molar-refractivity contribution in [1.29, 1.82) is 0 Å². The van der Waals surface area contributed by atoms with E-state index in [1.54, 1.807) is 12.4 Å². The van der Waals surface area contributed by atoms with E-state index >= 15 is 0 Å². The fraction of sp³-hybridized carbons (Fsp3) is 0.500. The fourth-order valence-corrected chi connectivity index (χ4v) is 3.06. The van der Waals surface area contributed by atoms with Gasteiger partial charge in [0.15, 0.2) is 0 Å². The van der Waals surface area contributed by atoms with E-state index in [1.807, 2.05) is 31.3 Å². The Balaban J connectivity index is 1.74. The SMILES string of the molecule is CN(C)c1nccc(N(C)C2CCCN(c3ncc(Br)cn3)C2)n1. The van der Waals surface area contributed by atoms with E-state index in [4.69, 9.17) is 0 Å². The van der Waals surface area contributed by atoms with Crippen LogP contribution >= 0.6 is 15.9 Å². The third-order valence-corrected chi connectivity index (χ3v) is 4.63. The number of rotatable bonds is 4. The van der Waals surface area contributed by atoms with Gasteiger partial charge in [-0.2, -0.15) is 4.98 Å². The molecule has 0 aromatic carbocycles. The van der Waals surface area contributed by atoms with Crippen LogP contribution in [0.5, 0.6) is 0 Å². The Morgan fingerprint density at radius 1 is 1.17 bits per heavy atom. The third-order valence-electron chi connectivity index (χ3n) is 4.22. The van der Waals surface area contributed by atoms with Crippen LogP contribution in [0.15, 0.2) is 29.1 Å². The van der Waals surface area contributed by atoms with Gasteiger partial charge in [-0.15, -0.1) is 0 Å². The smallest absolute Gasteiger partial charge is 0.226 e. The molecule has 24 heavy (non-hydrogen) atoms. The average molecular weight is 392 g/mol. The molecule has 3 heterocycles. The molecule has 1 atom stereocenters. The van der Waals surface area contributed by atoms with Crippen molar-refractivity contribution in [2.45, 2.75) is 18.9 Å². The van der Waals surface area contributed by atoms with Crippen molar-refractivity contribution in [3.63, 3.8) is 0 Å². The monoisotopic (exact) mass is 391 g/mol. The van der Waals surface area contributed by atoms with Crippen molar-refractivity contribution < 1.29 is 0 Å². The molecule has 0 bridgehead atoms. The number of aromatic nitrogens is 4. The molecule has 1 saturated heterocycles. The van der Waals surface area contributed by atoms with Crippen molar-refractivity contribution in [1.82, 2.24) is 19.9 Å². The molecular formula is C16H22BrN7. The minimum Gasteiger partial charge on any atom is -0.355 e. The first-order valence-corrected chi connectivity index (χ1v) is 8.79. The van der Waals surface area contributed by atoms with Crippen molar-refractivity contribution in [2.75, 3.05) is 48.9 Å². The van der Waals surface area contributed by atoms with Crippen LogP contribution in [-0.2, 0) is 0 Å². The molecule has 1 fully saturated rings. The van der Waals surface area contributed by atoms with Gasteiger partial charge >= 0.3 is 0 Å². The van der Waals surface area contributed by atoms with Gasteiger partial charge in [0.2, 0.25) is 11.9 Å². The molecule has 7 nitrogen and oxygen atoms in total. The summed E-state index contributed by atoms with van der Waals surface area (Å²) in [5, 5.41) is 0. The van der Waals surface area contributed by atoms with Crippen LogP contribution in [-0.4, -0.2) is 60.2 Å². The van der Waals surface area contributed by atoms with E-state index < -0.39 is 0 Å². The maximum atomic E-state index is 4.64. The highest BCUT2D eigenvalue weighted by Gasteiger charge is 2.25. The van der Waals surface area contributed by atoms with Crippen LogP contribution in [0.25, 0.3) is 0 Å². The highest BCUT2D eigenvalue weighted by molar-refractivity contribution is 9.10. The lowest BCUT2D eigenvalue weighted by Gasteiger charge is -2.38. The van der Waals surface area contributed by atoms with E-state index in [0.717, 1.165) is 48.1 Å². The zero-order chi connectivity index (χ0) is 17.1. The summed E-state index contributed by atoms with van der Waals surface area (Å²) in [7, 11) is 6.00. The Bertz CT molecular complexity index is 676. The second-order valence-corrected chi connectivity index (χ2v) is 7.08. The first-order chi connectivity index (χ1) is 11.5. The molecule has 3 rings (SSSR count). The van der Waals surface area contributed by atoms with Crippen LogP contribution in [0.1, 0.15) is 12.8 Å². The second kappa shape index (κ2) is 7.29. The normalized spacial score (nSPS) is 17.7. The van der Waals surface area contributed by atoms with Gasteiger partial charge in [-0.1, -0.05) is 0 Å². The number of hydrogen-bond acceptors (Lipinski definition) is 7. The summed E-state index contributed by atoms with van der Waals surface area (Å²) in [5.74, 6) is 2.45. The van der Waals surface area contributed by atoms with Crippen LogP contribution in [0.4, 0.5) is 17.7 Å². The van der Waals surface area contributed by atoms with Gasteiger partial charge in [0.1, 0.15) is 5.82 Å². The van der Waals surface area contributed by atoms with Crippen LogP contribution in [0, 0.1) is 0 Å². The summed E-state index contributed by atoms with van der Waals surface area (Å²) in [6, 6.07) is 2.33. The number of nitrogens with zero attached hydrogens (tertiary/aromatic N) is 7. The van der Waals surface area contributed by atoms with Gasteiger partial charge in [0, 0.05) is 58.9 Å². The summed E-state index contributed by atoms with van der Waals surface area (Å²) >= 11 is 3.38. The van der Waals surface area contributed by atoms with E-state index in [1.165, 1.54) is 0 Å². The average Bonchev–Trinajstić information content (AvgIpc) is 2.62. The van der Waals surface area contributed by atoms with Gasteiger partial charge in [-0.25, -0.2) is 15.0 Å². The summed E-state index contributed by atoms with van der Waals surface area (Å²) in [5.41, 5.74) is 0. The van der Waals surface area contributed by atoms with Gasteiger partial charge in [0.25, 0.3) is 0 Å². The van der Waals surface area contributed by atoms with E-state index in [2.05, 4.69) is 52.7 Å². The quantitative estimate of drug-likeness (QED) is 0.791. The molecule has 8 heteroatoms. The maximum Gasteiger partial charge on any atom is 0.226 e. The van der Waals surface area contributed by atoms with Gasteiger partial charge in [-0.05, 0) is 34.8 Å². The standard InChI is InChI=1S/C16H22BrN7/c1-22(2)16-18-7-6-14(21-16)23(3)13-5-4-8-24(11-13)15-19-9-12(17)10-20-15/h6-7,9-10,13H,4-5,8,11H2,1-3H3. The van der Waals surface area contributed by atoms with E-state index in [9.17, 15) is 0 Å². The van der Waals surface area contributed by atoms with Crippen molar-refractivity contribution in [3.05, 3.63) is 29.1 Å². The second-order valence-electron chi connectivity index (χ2n) is 6.16. The first-order valence-electron chi connectivity index (χ1n) is 8.00. The fourth-order valence-electron chi connectivity index (χ4n) is 2.86. The molecule has 128 valence electrons. The predicted octanol–water partition coefficient (Wildman–Crippen LogP) is 2.20. The molecule has 0 radical (unpaired) electrons. The molecule has 1 aliphatic rings. The first kappa shape index (κ1) is 16.9. The summed E-state index contributed by atoms with van der Waals surface area (Å²) in [6.07, 6.45) is 7.64. The maximum absolute atomic E-state index is 4.64. The predicted molar refractivity (Wildman–Crippen MR) is 99.7 cm³/mol. The highest BCUT2D eigenvalue weighted by atomic mass is 79.9. The lowest BCUT2D eigenvalue weighted by atomic mass is 10.0. The molecule has 1 aliphatic heterocycles. The molecule has 0 spiro atoms. The minimum atomic E-state index is 0.371. The number of halogens is 1. The van der Waals surface area contributed by atoms with Crippen molar-refractivity contribution in [2.24, 2.45) is 0 Å². The van der Waals surface area contributed by atoms with Crippen molar-refractivity contribution >= 4 is 33.6 Å². The molecule has 0 N–H and O–H groups in total.